The van der Waals surface area contributed by atoms with Crippen LogP contribution in [0, 0.1) is 6.92 Å². The van der Waals surface area contributed by atoms with E-state index < -0.39 is 16.8 Å². The number of benzene rings is 1. The Bertz CT molecular complexity index is 1060. The highest BCUT2D eigenvalue weighted by atomic mass is 32.2. The van der Waals surface area contributed by atoms with Crippen LogP contribution in [0.2, 0.25) is 0 Å². The van der Waals surface area contributed by atoms with Crippen molar-refractivity contribution in [2.75, 3.05) is 6.61 Å². The molecule has 0 radical (unpaired) electrons. The van der Waals surface area contributed by atoms with Gasteiger partial charge in [-0.2, -0.15) is 0 Å². The van der Waals surface area contributed by atoms with E-state index in [0.717, 1.165) is 23.3 Å². The maximum atomic E-state index is 12.2. The highest BCUT2D eigenvalue weighted by Gasteiger charge is 2.20. The van der Waals surface area contributed by atoms with Crippen molar-refractivity contribution < 1.29 is 25.1 Å². The van der Waals surface area contributed by atoms with Crippen molar-refractivity contribution in [2.24, 2.45) is 0 Å². The standard InChI is InChI=1S/C21H24N4O4S.H2O.H2/c1-5-6-11-28-21(26)20-25-24-19(29-20)18-14(4)22-12-17(23-18)15-7-9-16(10-8-15)30(27)13(2)3;;/h7-10,12-13H,5-6,11H2,1-4H3;1H2;1H. The molecular weight excluding hydrogens is 420 g/mol. The number of rotatable bonds is 8. The average Bonchev–Trinajstić information content (AvgIpc) is 3.24. The fraction of sp³-hybridized carbons (Fsp3) is 0.381. The quantitative estimate of drug-likeness (QED) is 0.377. The van der Waals surface area contributed by atoms with Gasteiger partial charge in [0.05, 0.1) is 35.0 Å². The summed E-state index contributed by atoms with van der Waals surface area (Å²) in [7, 11) is -1.06. The molecular formula is C21H28N4O5S. The molecule has 2 N–H and O–H groups in total. The van der Waals surface area contributed by atoms with E-state index in [9.17, 15) is 9.00 Å². The van der Waals surface area contributed by atoms with Crippen LogP contribution in [0.1, 0.15) is 51.4 Å². The maximum absolute atomic E-state index is 12.2. The van der Waals surface area contributed by atoms with Crippen LogP contribution in [0.15, 0.2) is 39.8 Å². The van der Waals surface area contributed by atoms with Gasteiger partial charge >= 0.3 is 11.9 Å². The molecule has 9 nitrogen and oxygen atoms in total. The SMILES string of the molecule is CCCCOC(=O)c1nnc(-c2nc(-c3ccc(S(=O)C(C)C)cc3)cnc2C)o1.O.[HH]. The second-order valence-corrected chi connectivity index (χ2v) is 8.97. The molecule has 31 heavy (non-hydrogen) atoms. The van der Waals surface area contributed by atoms with Crippen LogP contribution in [0.3, 0.4) is 0 Å². The summed E-state index contributed by atoms with van der Waals surface area (Å²) in [6, 6.07) is 7.35. The van der Waals surface area contributed by atoms with E-state index in [-0.39, 0.29) is 23.9 Å². The molecule has 0 spiro atoms. The van der Waals surface area contributed by atoms with Crippen LogP contribution in [0.25, 0.3) is 22.8 Å². The Balaban J connectivity index is 0.00000256. The first-order valence-corrected chi connectivity index (χ1v) is 11.0. The molecule has 1 aromatic carbocycles. The van der Waals surface area contributed by atoms with Crippen LogP contribution >= 0.6 is 0 Å². The highest BCUT2D eigenvalue weighted by Crippen LogP contribution is 2.25. The van der Waals surface area contributed by atoms with Gasteiger partial charge in [-0.25, -0.2) is 9.78 Å². The van der Waals surface area contributed by atoms with Gasteiger partial charge < -0.3 is 14.6 Å². The third kappa shape index (κ3) is 5.80. The molecule has 0 aliphatic rings. The second kappa shape index (κ2) is 10.9. The first-order valence-electron chi connectivity index (χ1n) is 9.76. The predicted octanol–water partition coefficient (Wildman–Crippen LogP) is 3.40. The van der Waals surface area contributed by atoms with Gasteiger partial charge in [0.25, 0.3) is 5.89 Å². The molecule has 0 fully saturated rings. The minimum atomic E-state index is -1.06. The molecule has 0 saturated heterocycles. The molecule has 2 heterocycles. The summed E-state index contributed by atoms with van der Waals surface area (Å²) < 4.78 is 22.8. The van der Waals surface area contributed by atoms with Crippen LogP contribution < -0.4 is 0 Å². The van der Waals surface area contributed by atoms with Gasteiger partial charge in [0, 0.05) is 17.1 Å². The van der Waals surface area contributed by atoms with Crippen molar-refractivity contribution >= 4 is 16.8 Å². The predicted molar refractivity (Wildman–Crippen MR) is 118 cm³/mol. The number of hydrogen-bond donors (Lipinski definition) is 0. The van der Waals surface area contributed by atoms with Crippen molar-refractivity contribution in [1.29, 1.82) is 0 Å². The zero-order valence-corrected chi connectivity index (χ0v) is 18.7. The van der Waals surface area contributed by atoms with Gasteiger partial charge in [0.15, 0.2) is 0 Å². The van der Waals surface area contributed by atoms with Crippen LogP contribution in [0.5, 0.6) is 0 Å². The Morgan fingerprint density at radius 1 is 1.23 bits per heavy atom. The number of unbranched alkanes of at least 4 members (excludes halogenated alkanes) is 1. The number of aromatic nitrogens is 4. The second-order valence-electron chi connectivity index (χ2n) is 6.96. The highest BCUT2D eigenvalue weighted by molar-refractivity contribution is 7.85. The zero-order chi connectivity index (χ0) is 21.7. The summed E-state index contributed by atoms with van der Waals surface area (Å²) in [6.07, 6.45) is 3.32. The zero-order valence-electron chi connectivity index (χ0n) is 17.9. The van der Waals surface area contributed by atoms with Gasteiger partial charge in [0.2, 0.25) is 0 Å². The first kappa shape index (κ1) is 24.3. The number of hydrogen-bond acceptors (Lipinski definition) is 8. The fourth-order valence-corrected chi connectivity index (χ4v) is 3.54. The summed E-state index contributed by atoms with van der Waals surface area (Å²) in [5, 5.41) is 7.74. The molecule has 0 bridgehead atoms. The van der Waals surface area contributed by atoms with Crippen molar-refractivity contribution in [3.63, 3.8) is 0 Å². The van der Waals surface area contributed by atoms with Crippen LogP contribution in [0.4, 0.5) is 0 Å². The number of carbonyl (C=O) groups is 1. The molecule has 10 heteroatoms. The van der Waals surface area contributed by atoms with E-state index in [2.05, 4.69) is 20.2 Å². The van der Waals surface area contributed by atoms with Gasteiger partial charge in [-0.15, -0.1) is 10.2 Å². The van der Waals surface area contributed by atoms with Crippen molar-refractivity contribution in [1.82, 2.24) is 20.2 Å². The average molecular weight is 449 g/mol. The van der Waals surface area contributed by atoms with E-state index in [1.54, 1.807) is 13.1 Å². The number of esters is 1. The Hall–Kier alpha value is -2.98. The molecule has 0 aliphatic heterocycles. The third-order valence-corrected chi connectivity index (χ3v) is 5.89. The summed E-state index contributed by atoms with van der Waals surface area (Å²) >= 11 is 0. The lowest BCUT2D eigenvalue weighted by Crippen LogP contribution is -2.06. The lowest BCUT2D eigenvalue weighted by Gasteiger charge is -2.08. The molecule has 168 valence electrons. The monoisotopic (exact) mass is 448 g/mol. The summed E-state index contributed by atoms with van der Waals surface area (Å²) in [5.74, 6) is -0.771. The summed E-state index contributed by atoms with van der Waals surface area (Å²) in [5.41, 5.74) is 2.39. The minimum Gasteiger partial charge on any atom is -0.459 e. The van der Waals surface area contributed by atoms with E-state index in [1.165, 1.54) is 0 Å². The lowest BCUT2D eigenvalue weighted by atomic mass is 10.1. The molecule has 3 aromatic rings. The van der Waals surface area contributed by atoms with E-state index in [1.807, 2.05) is 45.0 Å². The van der Waals surface area contributed by atoms with Crippen molar-refractivity contribution in [3.05, 3.63) is 42.0 Å². The number of aryl methyl sites for hydroxylation is 1. The Labute approximate surface area is 184 Å². The topological polar surface area (TPSA) is 140 Å². The molecule has 1 unspecified atom stereocenters. The van der Waals surface area contributed by atoms with Gasteiger partial charge in [0.1, 0.15) is 5.69 Å². The van der Waals surface area contributed by atoms with Crippen LogP contribution in [-0.4, -0.2) is 47.7 Å². The molecule has 0 saturated carbocycles. The van der Waals surface area contributed by atoms with E-state index in [4.69, 9.17) is 9.15 Å². The van der Waals surface area contributed by atoms with Crippen molar-refractivity contribution in [2.45, 2.75) is 50.7 Å². The number of carbonyl (C=O) groups excluding carboxylic acids is 1. The smallest absolute Gasteiger partial charge is 0.396 e. The van der Waals surface area contributed by atoms with Gasteiger partial charge in [-0.3, -0.25) is 9.19 Å². The van der Waals surface area contributed by atoms with E-state index >= 15 is 0 Å². The molecule has 0 amide bonds. The Morgan fingerprint density at radius 3 is 2.58 bits per heavy atom. The van der Waals surface area contributed by atoms with Gasteiger partial charge in [-0.1, -0.05) is 39.3 Å². The molecule has 3 rings (SSSR count). The largest absolute Gasteiger partial charge is 0.459 e. The van der Waals surface area contributed by atoms with Gasteiger partial charge in [-0.05, 0) is 25.5 Å². The molecule has 2 aromatic heterocycles. The minimum absolute atomic E-state index is 0. The summed E-state index contributed by atoms with van der Waals surface area (Å²) in [6.45, 7) is 7.91. The third-order valence-electron chi connectivity index (χ3n) is 4.30. The van der Waals surface area contributed by atoms with E-state index in [0.29, 0.717) is 23.7 Å². The first-order chi connectivity index (χ1) is 14.4. The Kier molecular flexibility index (Phi) is 8.52. The molecule has 0 aliphatic carbocycles. The van der Waals surface area contributed by atoms with Crippen LogP contribution in [-0.2, 0) is 15.5 Å². The number of ether oxygens (including phenoxy) is 1. The lowest BCUT2D eigenvalue weighted by molar-refractivity contribution is 0.0455. The number of nitrogens with zero attached hydrogens (tertiary/aromatic N) is 4. The maximum Gasteiger partial charge on any atom is 0.396 e. The van der Waals surface area contributed by atoms with Crippen molar-refractivity contribution in [3.8, 4) is 22.8 Å². The Morgan fingerprint density at radius 2 is 1.94 bits per heavy atom. The molecule has 1 atom stereocenters. The normalized spacial score (nSPS) is 11.8. The summed E-state index contributed by atoms with van der Waals surface area (Å²) in [4.78, 5) is 21.7. The fourth-order valence-electron chi connectivity index (χ4n) is 2.60.